The van der Waals surface area contributed by atoms with Gasteiger partial charge >= 0.3 is 5.97 Å². The van der Waals surface area contributed by atoms with Crippen LogP contribution in [-0.4, -0.2) is 36.6 Å². The number of carboxylic acid groups (broad SMARTS) is 1. The fraction of sp³-hybridized carbons (Fsp3) is 0.231. The minimum atomic E-state index is -3.34. The fourth-order valence-electron chi connectivity index (χ4n) is 2.86. The van der Waals surface area contributed by atoms with Gasteiger partial charge in [0.05, 0.1) is 27.5 Å². The molecular weight excluding hydrogens is 450 g/mol. The van der Waals surface area contributed by atoms with Crippen molar-refractivity contribution in [3.8, 4) is 0 Å². The molecule has 0 amide bonds. The van der Waals surface area contributed by atoms with E-state index in [-0.39, 0.29) is 10.5 Å². The summed E-state index contributed by atoms with van der Waals surface area (Å²) in [5.74, 6) is -0.456. The Bertz CT molecular complexity index is 1190. The van der Waals surface area contributed by atoms with Gasteiger partial charge in [-0.15, -0.1) is 0 Å². The summed E-state index contributed by atoms with van der Waals surface area (Å²) in [6.07, 6.45) is 6.66. The summed E-state index contributed by atoms with van der Waals surface area (Å²) in [5.41, 5.74) is 6.00. The number of carboxylic acids is 1. The quantitative estimate of drug-likeness (QED) is 0.411. The highest BCUT2D eigenvalue weighted by molar-refractivity contribution is 7.90. The molecule has 1 aliphatic heterocycles. The first-order valence-corrected chi connectivity index (χ1v) is 12.9. The predicted molar refractivity (Wildman–Crippen MR) is 140 cm³/mol. The van der Waals surface area contributed by atoms with Gasteiger partial charge in [0.25, 0.3) is 0 Å². The maximum absolute atomic E-state index is 11.9. The summed E-state index contributed by atoms with van der Waals surface area (Å²) in [6, 6.07) is 12.9. The van der Waals surface area contributed by atoms with Crippen molar-refractivity contribution in [3.63, 3.8) is 0 Å². The van der Waals surface area contributed by atoms with E-state index in [0.717, 1.165) is 0 Å². The molecule has 0 unspecified atom stereocenters. The zero-order valence-electron chi connectivity index (χ0n) is 20.5. The van der Waals surface area contributed by atoms with Crippen LogP contribution >= 0.6 is 0 Å². The van der Waals surface area contributed by atoms with Crippen LogP contribution < -0.4 is 5.43 Å². The molecule has 0 aliphatic carbocycles. The Morgan fingerprint density at radius 3 is 2.24 bits per heavy atom. The lowest BCUT2D eigenvalue weighted by molar-refractivity contribution is 0.0697. The zero-order valence-corrected chi connectivity index (χ0v) is 21.3. The maximum atomic E-state index is 11.9. The topological polar surface area (TPSA) is 99.1 Å². The number of carbonyl (C=O) groups is 1. The van der Waals surface area contributed by atoms with Gasteiger partial charge in [-0.05, 0) is 55.5 Å². The number of aromatic carboxylic acids is 1. The van der Waals surface area contributed by atoms with E-state index in [4.69, 9.17) is 5.11 Å². The summed E-state index contributed by atoms with van der Waals surface area (Å²) in [6.45, 7) is 13.8. The van der Waals surface area contributed by atoms with Gasteiger partial charge in [-0.1, -0.05) is 52.5 Å². The Balaban J connectivity index is 0.00000137. The molecule has 2 aromatic rings. The number of nitrogens with one attached hydrogen (secondary N) is 1. The van der Waals surface area contributed by atoms with Crippen LogP contribution in [0, 0.1) is 0 Å². The number of sulfone groups is 1. The monoisotopic (exact) mass is 483 g/mol. The van der Waals surface area contributed by atoms with Gasteiger partial charge in [0.15, 0.2) is 9.84 Å². The first-order valence-electron chi connectivity index (χ1n) is 11.0. The van der Waals surface area contributed by atoms with Gasteiger partial charge in [0.2, 0.25) is 0 Å². The van der Waals surface area contributed by atoms with Crippen LogP contribution in [0.4, 0.5) is 5.69 Å². The molecule has 1 aliphatic rings. The average molecular weight is 484 g/mol. The third-order valence-electron chi connectivity index (χ3n) is 4.31. The lowest BCUT2D eigenvalue weighted by Gasteiger charge is -2.31. The van der Waals surface area contributed by atoms with Crippen LogP contribution in [0.3, 0.4) is 0 Å². The minimum absolute atomic E-state index is 0.185. The van der Waals surface area contributed by atoms with E-state index < -0.39 is 15.8 Å². The molecule has 182 valence electrons. The average Bonchev–Trinajstić information content (AvgIpc) is 2.83. The molecule has 1 heterocycles. The third-order valence-corrected chi connectivity index (χ3v) is 5.42. The fourth-order valence-corrected chi connectivity index (χ4v) is 3.52. The van der Waals surface area contributed by atoms with Crippen molar-refractivity contribution in [2.24, 2.45) is 4.99 Å². The van der Waals surface area contributed by atoms with Gasteiger partial charge in [-0.3, -0.25) is 10.4 Å². The van der Waals surface area contributed by atoms with Crippen molar-refractivity contribution in [3.05, 3.63) is 90.2 Å². The van der Waals surface area contributed by atoms with E-state index in [1.165, 1.54) is 18.4 Å². The number of rotatable bonds is 5. The first kappa shape index (κ1) is 28.4. The number of allylic oxidation sites excluding steroid dienone is 3. The number of aliphatic imine (C=N–C) groups is 1. The molecule has 0 radical (unpaired) electrons. The van der Waals surface area contributed by atoms with E-state index in [1.807, 2.05) is 52.0 Å². The van der Waals surface area contributed by atoms with E-state index in [2.05, 4.69) is 17.0 Å². The van der Waals surface area contributed by atoms with Crippen molar-refractivity contribution in [2.45, 2.75) is 39.5 Å². The predicted octanol–water partition coefficient (Wildman–Crippen LogP) is 5.82. The van der Waals surface area contributed by atoms with Crippen molar-refractivity contribution in [1.82, 2.24) is 10.4 Å². The molecule has 0 saturated carbocycles. The molecule has 0 saturated heterocycles. The van der Waals surface area contributed by atoms with Crippen molar-refractivity contribution >= 4 is 33.0 Å². The van der Waals surface area contributed by atoms with E-state index in [0.29, 0.717) is 28.5 Å². The first-order chi connectivity index (χ1) is 16.1. The maximum Gasteiger partial charge on any atom is 0.335 e. The molecule has 0 fully saturated rings. The Labute approximate surface area is 202 Å². The second kappa shape index (κ2) is 13.2. The zero-order chi connectivity index (χ0) is 25.9. The molecule has 8 heteroatoms. The summed E-state index contributed by atoms with van der Waals surface area (Å²) in [5, 5.41) is 10.7. The molecule has 7 nitrogen and oxygen atoms in total. The number of amidine groups is 1. The van der Waals surface area contributed by atoms with E-state index in [1.54, 1.807) is 42.3 Å². The number of benzene rings is 2. The number of nitrogens with zero attached hydrogens (tertiary/aromatic N) is 2. The lowest BCUT2D eigenvalue weighted by atomic mass is 10.1. The van der Waals surface area contributed by atoms with Crippen LogP contribution in [0.25, 0.3) is 5.70 Å². The molecule has 0 bridgehead atoms. The molecule has 0 aromatic heterocycles. The SMILES string of the molecule is C=C1C=CC=C(c2cccc(S(C)(=O)=O)c2)N1NC(C)=Nc1ccc(C(=O)O)cc1.CC.CC. The summed E-state index contributed by atoms with van der Waals surface area (Å²) in [7, 11) is -3.34. The van der Waals surface area contributed by atoms with E-state index >= 15 is 0 Å². The van der Waals surface area contributed by atoms with Gasteiger partial charge < -0.3 is 5.11 Å². The molecule has 0 spiro atoms. The third kappa shape index (κ3) is 7.74. The summed E-state index contributed by atoms with van der Waals surface area (Å²) in [4.78, 5) is 15.7. The number of hydrogen-bond acceptors (Lipinski definition) is 5. The van der Waals surface area contributed by atoms with Gasteiger partial charge in [0.1, 0.15) is 5.84 Å². The van der Waals surface area contributed by atoms with Crippen LogP contribution in [0.2, 0.25) is 0 Å². The second-order valence-electron chi connectivity index (χ2n) is 6.70. The van der Waals surface area contributed by atoms with Crippen molar-refractivity contribution in [1.29, 1.82) is 0 Å². The smallest absolute Gasteiger partial charge is 0.335 e. The standard InChI is InChI=1S/C22H21N3O4S.2C2H6/c1-15-6-4-9-21(18-7-5-8-20(14-18)30(3,28)29)25(15)24-16(2)23-19-12-10-17(11-13-19)22(26)27;2*1-2/h4-14H,1H2,2-3H3,(H,23,24)(H,26,27);2*1-2H3. The molecule has 34 heavy (non-hydrogen) atoms. The highest BCUT2D eigenvalue weighted by Gasteiger charge is 2.18. The largest absolute Gasteiger partial charge is 0.478 e. The molecule has 2 aromatic carbocycles. The van der Waals surface area contributed by atoms with E-state index in [9.17, 15) is 13.2 Å². The normalized spacial score (nSPS) is 13.1. The van der Waals surface area contributed by atoms with Crippen molar-refractivity contribution in [2.75, 3.05) is 6.26 Å². The van der Waals surface area contributed by atoms with Crippen LogP contribution in [0.5, 0.6) is 0 Å². The number of hydrazine groups is 1. The van der Waals surface area contributed by atoms with Gasteiger partial charge in [-0.25, -0.2) is 18.2 Å². The summed E-state index contributed by atoms with van der Waals surface area (Å²) >= 11 is 0. The Morgan fingerprint density at radius 1 is 1.06 bits per heavy atom. The van der Waals surface area contributed by atoms with Crippen molar-refractivity contribution < 1.29 is 18.3 Å². The highest BCUT2D eigenvalue weighted by Crippen LogP contribution is 2.27. The molecule has 0 atom stereocenters. The Morgan fingerprint density at radius 2 is 1.68 bits per heavy atom. The van der Waals surface area contributed by atoms with Gasteiger partial charge in [0, 0.05) is 11.8 Å². The van der Waals surface area contributed by atoms with Crippen LogP contribution in [0.1, 0.15) is 50.5 Å². The van der Waals surface area contributed by atoms with Gasteiger partial charge in [-0.2, -0.15) is 0 Å². The highest BCUT2D eigenvalue weighted by atomic mass is 32.2. The Hall–Kier alpha value is -3.65. The number of hydrogen-bond donors (Lipinski definition) is 2. The lowest BCUT2D eigenvalue weighted by Crippen LogP contribution is -2.39. The van der Waals surface area contributed by atoms with Crippen LogP contribution in [-0.2, 0) is 9.84 Å². The minimum Gasteiger partial charge on any atom is -0.478 e. The Kier molecular flexibility index (Phi) is 11.0. The molecule has 2 N–H and O–H groups in total. The molecule has 3 rings (SSSR count). The van der Waals surface area contributed by atoms with Crippen LogP contribution in [0.15, 0.2) is 88.9 Å². The summed E-state index contributed by atoms with van der Waals surface area (Å²) < 4.78 is 23.8. The second-order valence-corrected chi connectivity index (χ2v) is 8.71. The molecular formula is C26H33N3O4S.